The molecule has 1 aliphatic rings. The minimum absolute atomic E-state index is 0.359. The van der Waals surface area contributed by atoms with E-state index in [-0.39, 0.29) is 0 Å². The molecule has 3 aromatic rings. The minimum atomic E-state index is -1.60. The largest absolute Gasteiger partial charge is 0.497 e. The number of hydrogen-bond acceptors (Lipinski definition) is 5. The fourth-order valence-electron chi connectivity index (χ4n) is 2.93. The maximum absolute atomic E-state index is 11.5. The normalized spacial score (nSPS) is 18.6. The van der Waals surface area contributed by atoms with Gasteiger partial charge in [0.1, 0.15) is 5.75 Å². The molecule has 0 spiro atoms. The first kappa shape index (κ1) is 17.0. The third-order valence-corrected chi connectivity index (χ3v) is 4.38. The van der Waals surface area contributed by atoms with E-state index in [2.05, 4.69) is 15.3 Å². The van der Waals surface area contributed by atoms with E-state index in [1.807, 2.05) is 60.7 Å². The number of aliphatic hydroxyl groups is 1. The predicted octanol–water partition coefficient (Wildman–Crippen LogP) is 3.81. The molecule has 1 heterocycles. The van der Waals surface area contributed by atoms with Crippen molar-refractivity contribution in [2.24, 2.45) is 9.98 Å². The van der Waals surface area contributed by atoms with Crippen LogP contribution < -0.4 is 10.1 Å². The number of anilines is 1. The van der Waals surface area contributed by atoms with Crippen molar-refractivity contribution in [2.45, 2.75) is 5.72 Å². The van der Waals surface area contributed by atoms with Gasteiger partial charge in [0.25, 0.3) is 0 Å². The summed E-state index contributed by atoms with van der Waals surface area (Å²) in [5.41, 5.74) is 0.672. The second-order valence-electron chi connectivity index (χ2n) is 6.15. The molecule has 0 saturated heterocycles. The maximum Gasteiger partial charge on any atom is 0.244 e. The molecule has 5 heteroatoms. The number of hydrogen-bond donors (Lipinski definition) is 2. The Hall–Kier alpha value is -3.44. The highest BCUT2D eigenvalue weighted by atomic mass is 16.5. The zero-order valence-electron chi connectivity index (χ0n) is 14.8. The van der Waals surface area contributed by atoms with Crippen molar-refractivity contribution in [3.63, 3.8) is 0 Å². The van der Waals surface area contributed by atoms with Crippen LogP contribution in [0.1, 0.15) is 11.1 Å². The fourth-order valence-corrected chi connectivity index (χ4v) is 2.93. The maximum atomic E-state index is 11.5. The Bertz CT molecular complexity index is 983. The summed E-state index contributed by atoms with van der Waals surface area (Å²) in [5, 5.41) is 14.7. The Labute approximate surface area is 157 Å². The smallest absolute Gasteiger partial charge is 0.244 e. The van der Waals surface area contributed by atoms with E-state index in [9.17, 15) is 5.11 Å². The van der Waals surface area contributed by atoms with Crippen molar-refractivity contribution in [2.75, 3.05) is 12.4 Å². The lowest BCUT2D eigenvalue weighted by atomic mass is 10.0. The van der Waals surface area contributed by atoms with Gasteiger partial charge in [0.15, 0.2) is 11.7 Å². The van der Waals surface area contributed by atoms with E-state index >= 15 is 0 Å². The summed E-state index contributed by atoms with van der Waals surface area (Å²) in [6, 6.07) is 26.4. The molecule has 2 N–H and O–H groups in total. The van der Waals surface area contributed by atoms with Crippen LogP contribution in [0.2, 0.25) is 0 Å². The van der Waals surface area contributed by atoms with Gasteiger partial charge in [0.05, 0.1) is 7.11 Å². The molecule has 4 rings (SSSR count). The van der Waals surface area contributed by atoms with Gasteiger partial charge in [0, 0.05) is 16.8 Å². The van der Waals surface area contributed by atoms with Crippen molar-refractivity contribution in [1.29, 1.82) is 0 Å². The van der Waals surface area contributed by atoms with Gasteiger partial charge < -0.3 is 15.2 Å². The van der Waals surface area contributed by atoms with E-state index in [1.54, 1.807) is 31.4 Å². The van der Waals surface area contributed by atoms with Gasteiger partial charge in [-0.2, -0.15) is 0 Å². The molecule has 0 bridgehead atoms. The molecule has 27 heavy (non-hydrogen) atoms. The van der Waals surface area contributed by atoms with Crippen LogP contribution >= 0.6 is 0 Å². The second-order valence-corrected chi connectivity index (χ2v) is 6.15. The summed E-state index contributed by atoms with van der Waals surface area (Å²) in [6.45, 7) is 0. The molecule has 1 aliphatic heterocycles. The van der Waals surface area contributed by atoms with Gasteiger partial charge in [-0.05, 0) is 36.4 Å². The number of amidine groups is 2. The molecular weight excluding hydrogens is 338 g/mol. The quantitative estimate of drug-likeness (QED) is 0.746. The number of ether oxygens (including phenoxy) is 1. The van der Waals surface area contributed by atoms with E-state index in [4.69, 9.17) is 4.74 Å². The molecule has 0 aliphatic carbocycles. The number of nitrogens with zero attached hydrogens (tertiary/aromatic N) is 2. The van der Waals surface area contributed by atoms with Gasteiger partial charge in [-0.1, -0.05) is 48.5 Å². The van der Waals surface area contributed by atoms with Crippen LogP contribution in [0.3, 0.4) is 0 Å². The molecule has 3 aromatic carbocycles. The zero-order chi connectivity index (χ0) is 18.7. The van der Waals surface area contributed by atoms with Crippen LogP contribution in [0.5, 0.6) is 5.75 Å². The lowest BCUT2D eigenvalue weighted by molar-refractivity contribution is 0.125. The number of rotatable bonds is 4. The van der Waals surface area contributed by atoms with Gasteiger partial charge in [-0.3, -0.25) is 0 Å². The van der Waals surface area contributed by atoms with Crippen molar-refractivity contribution in [3.05, 3.63) is 96.1 Å². The average Bonchev–Trinajstić information content (AvgIpc) is 3.07. The van der Waals surface area contributed by atoms with Crippen molar-refractivity contribution in [1.82, 2.24) is 0 Å². The average molecular weight is 357 g/mol. The topological polar surface area (TPSA) is 66.2 Å². The molecule has 1 atom stereocenters. The minimum Gasteiger partial charge on any atom is -0.497 e. The first-order chi connectivity index (χ1) is 13.2. The molecule has 0 saturated carbocycles. The van der Waals surface area contributed by atoms with E-state index < -0.39 is 5.72 Å². The highest BCUT2D eigenvalue weighted by Crippen LogP contribution is 2.32. The SMILES string of the molecule is COc1ccc(C2(O)N=C(c3ccccc3)N=C2Nc2ccccc2)cc1. The molecule has 0 radical (unpaired) electrons. The fraction of sp³-hybridized carbons (Fsp3) is 0.0909. The Morgan fingerprint density at radius 1 is 0.852 bits per heavy atom. The van der Waals surface area contributed by atoms with Crippen LogP contribution in [0, 0.1) is 0 Å². The summed E-state index contributed by atoms with van der Waals surface area (Å²) >= 11 is 0. The molecule has 5 nitrogen and oxygen atoms in total. The molecular formula is C22H19N3O2. The standard InChI is InChI=1S/C22H19N3O2/c1-27-19-14-12-17(13-15-19)22(26)21(23-18-10-6-3-7-11-18)24-20(25-22)16-8-4-2-5-9-16/h2-15,26H,1H3,(H,23,24,25). The third-order valence-electron chi connectivity index (χ3n) is 4.38. The number of nitrogens with one attached hydrogen (secondary N) is 1. The van der Waals surface area contributed by atoms with Crippen LogP contribution in [-0.2, 0) is 5.72 Å². The summed E-state index contributed by atoms with van der Waals surface area (Å²) in [7, 11) is 1.61. The summed E-state index contributed by atoms with van der Waals surface area (Å²) < 4.78 is 5.21. The summed E-state index contributed by atoms with van der Waals surface area (Å²) in [5.74, 6) is 1.55. The third kappa shape index (κ3) is 3.32. The molecule has 134 valence electrons. The van der Waals surface area contributed by atoms with Crippen LogP contribution in [0.4, 0.5) is 5.69 Å². The number of para-hydroxylation sites is 1. The van der Waals surface area contributed by atoms with Crippen molar-refractivity contribution >= 4 is 17.4 Å². The van der Waals surface area contributed by atoms with Crippen LogP contribution in [0.15, 0.2) is 94.9 Å². The van der Waals surface area contributed by atoms with Gasteiger partial charge in [0.2, 0.25) is 5.72 Å². The summed E-state index contributed by atoms with van der Waals surface area (Å²) in [4.78, 5) is 9.16. The first-order valence-electron chi connectivity index (χ1n) is 8.62. The van der Waals surface area contributed by atoms with Crippen LogP contribution in [-0.4, -0.2) is 23.9 Å². The Morgan fingerprint density at radius 2 is 1.48 bits per heavy atom. The Kier molecular flexibility index (Phi) is 4.44. The first-order valence-corrected chi connectivity index (χ1v) is 8.62. The van der Waals surface area contributed by atoms with E-state index in [0.29, 0.717) is 23.0 Å². The molecule has 1 unspecified atom stereocenters. The predicted molar refractivity (Wildman–Crippen MR) is 107 cm³/mol. The van der Waals surface area contributed by atoms with E-state index in [1.165, 1.54) is 0 Å². The van der Waals surface area contributed by atoms with Crippen molar-refractivity contribution in [3.8, 4) is 5.75 Å². The molecule has 0 fully saturated rings. The lowest BCUT2D eigenvalue weighted by Gasteiger charge is -2.23. The number of methoxy groups -OCH3 is 1. The van der Waals surface area contributed by atoms with Gasteiger partial charge in [-0.25, -0.2) is 9.98 Å². The second kappa shape index (κ2) is 7.05. The lowest BCUT2D eigenvalue weighted by Crippen LogP contribution is -2.36. The van der Waals surface area contributed by atoms with Crippen molar-refractivity contribution < 1.29 is 9.84 Å². The molecule has 0 aromatic heterocycles. The highest BCUT2D eigenvalue weighted by Gasteiger charge is 2.40. The molecule has 0 amide bonds. The summed E-state index contributed by atoms with van der Waals surface area (Å²) in [6.07, 6.45) is 0. The van der Waals surface area contributed by atoms with Gasteiger partial charge in [-0.15, -0.1) is 0 Å². The Morgan fingerprint density at radius 3 is 2.11 bits per heavy atom. The number of aliphatic imine (C=N–C) groups is 2. The van der Waals surface area contributed by atoms with Crippen LogP contribution in [0.25, 0.3) is 0 Å². The highest BCUT2D eigenvalue weighted by molar-refractivity contribution is 6.17. The van der Waals surface area contributed by atoms with E-state index in [0.717, 1.165) is 11.3 Å². The number of benzene rings is 3. The zero-order valence-corrected chi connectivity index (χ0v) is 14.8. The monoisotopic (exact) mass is 357 g/mol. The van der Waals surface area contributed by atoms with Gasteiger partial charge >= 0.3 is 0 Å². The Balaban J connectivity index is 1.77.